The van der Waals surface area contributed by atoms with E-state index < -0.39 is 0 Å². The smallest absolute Gasteiger partial charge is 0.123 e. The van der Waals surface area contributed by atoms with E-state index >= 15 is 0 Å². The molecule has 0 amide bonds. The summed E-state index contributed by atoms with van der Waals surface area (Å²) in [6.07, 6.45) is 3.15. The van der Waals surface area contributed by atoms with E-state index in [0.717, 1.165) is 41.5 Å². The molecule has 0 radical (unpaired) electrons. The Morgan fingerprint density at radius 3 is 0.974 bits per heavy atom. The molecule has 2 aromatic carbocycles. The zero-order valence-corrected chi connectivity index (χ0v) is 28.3. The van der Waals surface area contributed by atoms with E-state index in [4.69, 9.17) is 0 Å². The standard InChI is InChI=1S/C34H54O2S2/c1-15-17-34(16-2,37-22-18-24(30(3,4)5)28(35)25(19-22)31(6,7)8)38-23-20-26(32(9,10)11)29(36)27(21-23)33(12,13)14/h18-21,35-36H,15-17H2,1-14H3. The Morgan fingerprint density at radius 2 is 0.789 bits per heavy atom. The molecule has 4 heteroatoms. The van der Waals surface area contributed by atoms with Gasteiger partial charge < -0.3 is 10.2 Å². The van der Waals surface area contributed by atoms with Crippen LogP contribution in [0.25, 0.3) is 0 Å². The maximum Gasteiger partial charge on any atom is 0.123 e. The van der Waals surface area contributed by atoms with Gasteiger partial charge in [-0.05, 0) is 58.8 Å². The van der Waals surface area contributed by atoms with Gasteiger partial charge in [-0.3, -0.25) is 0 Å². The fraction of sp³-hybridized carbons (Fsp3) is 0.647. The van der Waals surface area contributed by atoms with E-state index in [1.54, 1.807) is 0 Å². The molecule has 0 aromatic heterocycles. The van der Waals surface area contributed by atoms with Crippen molar-refractivity contribution in [2.75, 3.05) is 0 Å². The van der Waals surface area contributed by atoms with Crippen molar-refractivity contribution in [1.82, 2.24) is 0 Å². The van der Waals surface area contributed by atoms with E-state index in [1.807, 2.05) is 23.5 Å². The van der Waals surface area contributed by atoms with Gasteiger partial charge in [0.25, 0.3) is 0 Å². The van der Waals surface area contributed by atoms with Crippen molar-refractivity contribution in [3.8, 4) is 11.5 Å². The highest BCUT2D eigenvalue weighted by molar-refractivity contribution is 8.18. The molecule has 0 aliphatic rings. The van der Waals surface area contributed by atoms with Gasteiger partial charge in [-0.15, -0.1) is 23.5 Å². The molecule has 2 aromatic rings. The Kier molecular flexibility index (Phi) is 9.81. The average molecular weight is 559 g/mol. The van der Waals surface area contributed by atoms with Crippen LogP contribution in [0.15, 0.2) is 34.1 Å². The van der Waals surface area contributed by atoms with Crippen molar-refractivity contribution < 1.29 is 10.2 Å². The van der Waals surface area contributed by atoms with Crippen molar-refractivity contribution in [3.05, 3.63) is 46.5 Å². The molecular formula is C34H54O2S2. The second-order valence-corrected chi connectivity index (χ2v) is 18.1. The van der Waals surface area contributed by atoms with Crippen LogP contribution in [0.5, 0.6) is 11.5 Å². The van der Waals surface area contributed by atoms with Gasteiger partial charge in [0, 0.05) is 32.0 Å². The minimum atomic E-state index is -0.159. The van der Waals surface area contributed by atoms with Gasteiger partial charge >= 0.3 is 0 Å². The Bertz CT molecular complexity index is 966. The van der Waals surface area contributed by atoms with Gasteiger partial charge in [0.05, 0.1) is 4.08 Å². The fourth-order valence-corrected chi connectivity index (χ4v) is 8.09. The third-order valence-electron chi connectivity index (χ3n) is 7.18. The van der Waals surface area contributed by atoms with Crippen LogP contribution in [0.4, 0.5) is 0 Å². The first-order valence-corrected chi connectivity index (χ1v) is 15.8. The number of phenols is 2. The topological polar surface area (TPSA) is 40.5 Å². The molecule has 0 saturated heterocycles. The van der Waals surface area contributed by atoms with Gasteiger partial charge in [-0.25, -0.2) is 0 Å². The maximum atomic E-state index is 11.3. The molecule has 0 atom stereocenters. The zero-order chi connectivity index (χ0) is 29.5. The van der Waals surface area contributed by atoms with Crippen LogP contribution in [0, 0.1) is 0 Å². The quantitative estimate of drug-likeness (QED) is 0.262. The highest BCUT2D eigenvalue weighted by Gasteiger charge is 2.35. The number of phenolic OH excluding ortho intramolecular Hbond substituents is 2. The lowest BCUT2D eigenvalue weighted by molar-refractivity contribution is 0.421. The van der Waals surface area contributed by atoms with E-state index in [2.05, 4.69) is 121 Å². The average Bonchev–Trinajstić information content (AvgIpc) is 2.72. The lowest BCUT2D eigenvalue weighted by Crippen LogP contribution is -2.21. The Balaban J connectivity index is 2.73. The molecular weight excluding hydrogens is 505 g/mol. The second-order valence-electron chi connectivity index (χ2n) is 15.0. The summed E-state index contributed by atoms with van der Waals surface area (Å²) in [7, 11) is 0. The minimum Gasteiger partial charge on any atom is -0.507 e. The van der Waals surface area contributed by atoms with Crippen LogP contribution < -0.4 is 0 Å². The molecule has 0 bridgehead atoms. The molecule has 2 nitrogen and oxygen atoms in total. The minimum absolute atomic E-state index is 0.0721. The Labute approximate surface area is 242 Å². The largest absolute Gasteiger partial charge is 0.507 e. The fourth-order valence-electron chi connectivity index (χ4n) is 4.88. The molecule has 2 N–H and O–H groups in total. The number of hydrogen-bond acceptors (Lipinski definition) is 4. The van der Waals surface area contributed by atoms with Gasteiger partial charge in [0.2, 0.25) is 0 Å². The number of benzene rings is 2. The zero-order valence-electron chi connectivity index (χ0n) is 26.6. The highest BCUT2D eigenvalue weighted by Crippen LogP contribution is 2.54. The molecule has 0 fully saturated rings. The van der Waals surface area contributed by atoms with Crippen molar-refractivity contribution >= 4 is 23.5 Å². The van der Waals surface area contributed by atoms with Crippen LogP contribution >= 0.6 is 23.5 Å². The highest BCUT2D eigenvalue weighted by atomic mass is 32.2. The molecule has 0 aliphatic carbocycles. The summed E-state index contributed by atoms with van der Waals surface area (Å²) in [6.45, 7) is 30.7. The first kappa shape index (κ1) is 32.9. The number of hydrogen-bond donors (Lipinski definition) is 2. The summed E-state index contributed by atoms with van der Waals surface area (Å²) >= 11 is 3.89. The molecule has 2 rings (SSSR count). The molecule has 38 heavy (non-hydrogen) atoms. The summed E-state index contributed by atoms with van der Waals surface area (Å²) in [5, 5.41) is 22.6. The molecule has 214 valence electrons. The monoisotopic (exact) mass is 558 g/mol. The maximum absolute atomic E-state index is 11.3. The number of thioether (sulfide) groups is 2. The first-order chi connectivity index (χ1) is 17.1. The third-order valence-corrected chi connectivity index (χ3v) is 10.3. The van der Waals surface area contributed by atoms with Gasteiger partial charge in [-0.2, -0.15) is 0 Å². The van der Waals surface area contributed by atoms with Crippen molar-refractivity contribution in [1.29, 1.82) is 0 Å². The van der Waals surface area contributed by atoms with Crippen LogP contribution in [0.2, 0.25) is 0 Å². The summed E-state index contributed by atoms with van der Waals surface area (Å²) in [4.78, 5) is 2.43. The predicted molar refractivity (Wildman–Crippen MR) is 171 cm³/mol. The lowest BCUT2D eigenvalue weighted by atomic mass is 9.79. The molecule has 0 heterocycles. The predicted octanol–water partition coefficient (Wildman–Crippen LogP) is 11.1. The molecule has 0 aliphatic heterocycles. The summed E-state index contributed by atoms with van der Waals surface area (Å²) in [5.74, 6) is 0.866. The van der Waals surface area contributed by atoms with E-state index in [9.17, 15) is 10.2 Å². The Hall–Kier alpha value is -1.26. The molecule has 0 saturated carbocycles. The van der Waals surface area contributed by atoms with E-state index in [1.165, 1.54) is 9.79 Å². The second kappa shape index (κ2) is 11.3. The summed E-state index contributed by atoms with van der Waals surface area (Å²) < 4.78 is -0.0721. The van der Waals surface area contributed by atoms with Crippen LogP contribution in [0.1, 0.15) is 138 Å². The van der Waals surface area contributed by atoms with Crippen molar-refractivity contribution in [2.24, 2.45) is 0 Å². The van der Waals surface area contributed by atoms with Gasteiger partial charge in [-0.1, -0.05) is 103 Å². The lowest BCUT2D eigenvalue weighted by Gasteiger charge is -2.35. The Morgan fingerprint density at radius 1 is 0.526 bits per heavy atom. The van der Waals surface area contributed by atoms with Gasteiger partial charge in [0.15, 0.2) is 0 Å². The van der Waals surface area contributed by atoms with Crippen LogP contribution in [-0.4, -0.2) is 14.3 Å². The van der Waals surface area contributed by atoms with Crippen LogP contribution in [0.3, 0.4) is 0 Å². The van der Waals surface area contributed by atoms with Crippen LogP contribution in [-0.2, 0) is 21.7 Å². The first-order valence-electron chi connectivity index (χ1n) is 14.2. The summed E-state index contributed by atoms with van der Waals surface area (Å²) in [5.41, 5.74) is 3.40. The van der Waals surface area contributed by atoms with Gasteiger partial charge in [0.1, 0.15) is 11.5 Å². The van der Waals surface area contributed by atoms with Crippen molar-refractivity contribution in [2.45, 2.75) is 152 Å². The molecule has 0 unspecified atom stereocenters. The number of rotatable bonds is 7. The third kappa shape index (κ3) is 7.68. The van der Waals surface area contributed by atoms with Crippen molar-refractivity contribution in [3.63, 3.8) is 0 Å². The number of aromatic hydroxyl groups is 2. The summed E-state index contributed by atoms with van der Waals surface area (Å²) in [6, 6.07) is 8.86. The van der Waals surface area contributed by atoms with E-state index in [0.29, 0.717) is 11.5 Å². The SMILES string of the molecule is CCCC(CC)(Sc1cc(C(C)(C)C)c(O)c(C(C)(C)C)c1)Sc1cc(C(C)(C)C)c(O)c(C(C)(C)C)c1. The van der Waals surface area contributed by atoms with E-state index in [-0.39, 0.29) is 25.7 Å². The normalized spacial score (nSPS) is 13.7. The molecule has 0 spiro atoms.